The number of aromatic nitrogens is 3. The van der Waals surface area contributed by atoms with Crippen molar-refractivity contribution >= 4 is 57.6 Å². The summed E-state index contributed by atoms with van der Waals surface area (Å²) in [6, 6.07) is 12.4. The zero-order chi connectivity index (χ0) is 20.5. The van der Waals surface area contributed by atoms with E-state index >= 15 is 0 Å². The first kappa shape index (κ1) is 19.7. The summed E-state index contributed by atoms with van der Waals surface area (Å²) in [7, 11) is 0. The lowest BCUT2D eigenvalue weighted by atomic mass is 10.1. The minimum atomic E-state index is -0.272. The van der Waals surface area contributed by atoms with E-state index in [1.165, 1.54) is 6.20 Å². The third-order valence-corrected chi connectivity index (χ3v) is 5.59. The molecule has 5 nitrogen and oxygen atoms in total. The van der Waals surface area contributed by atoms with E-state index in [1.54, 1.807) is 42.5 Å². The van der Waals surface area contributed by atoms with Crippen LogP contribution in [-0.4, -0.2) is 20.9 Å². The van der Waals surface area contributed by atoms with Gasteiger partial charge in [0.1, 0.15) is 11.6 Å². The SMILES string of the molecule is Cc1cc(NC(=O)c2ccc3nc(Cc4c(Cl)cccc4Cl)[nH]c3c2)ncc1Cl. The van der Waals surface area contributed by atoms with Crippen molar-refractivity contribution in [3.05, 3.63) is 86.2 Å². The fourth-order valence-electron chi connectivity index (χ4n) is 2.95. The van der Waals surface area contributed by atoms with Gasteiger partial charge in [0, 0.05) is 28.2 Å². The van der Waals surface area contributed by atoms with Crippen LogP contribution < -0.4 is 5.32 Å². The maximum atomic E-state index is 12.6. The van der Waals surface area contributed by atoms with Crippen LogP contribution in [0.1, 0.15) is 27.3 Å². The lowest BCUT2D eigenvalue weighted by Crippen LogP contribution is -2.13. The average molecular weight is 446 g/mol. The second kappa shape index (κ2) is 8.03. The van der Waals surface area contributed by atoms with Crippen molar-refractivity contribution in [3.8, 4) is 0 Å². The molecule has 1 amide bonds. The highest BCUT2D eigenvalue weighted by atomic mass is 35.5. The molecule has 0 spiro atoms. The highest BCUT2D eigenvalue weighted by molar-refractivity contribution is 6.36. The highest BCUT2D eigenvalue weighted by Gasteiger charge is 2.13. The standard InChI is InChI=1S/C21H15Cl3N4O/c1-11-7-19(25-10-16(11)24)28-21(29)12-5-6-17-18(8-12)27-20(26-17)9-13-14(22)3-2-4-15(13)23/h2-8,10H,9H2,1H3,(H,26,27)(H,25,28,29). The minimum Gasteiger partial charge on any atom is -0.342 e. The number of nitrogens with one attached hydrogen (secondary N) is 2. The summed E-state index contributed by atoms with van der Waals surface area (Å²) in [6.45, 7) is 1.85. The predicted molar refractivity (Wildman–Crippen MR) is 117 cm³/mol. The first-order valence-corrected chi connectivity index (χ1v) is 9.89. The van der Waals surface area contributed by atoms with Gasteiger partial charge in [0.05, 0.1) is 16.1 Å². The smallest absolute Gasteiger partial charge is 0.256 e. The number of fused-ring (bicyclic) bond motifs is 1. The minimum absolute atomic E-state index is 0.272. The van der Waals surface area contributed by atoms with Crippen LogP contribution in [0, 0.1) is 6.92 Å². The van der Waals surface area contributed by atoms with Gasteiger partial charge < -0.3 is 10.3 Å². The number of anilines is 1. The molecule has 4 rings (SSSR count). The number of hydrogen-bond acceptors (Lipinski definition) is 3. The van der Waals surface area contributed by atoms with Crippen LogP contribution in [0.25, 0.3) is 11.0 Å². The van der Waals surface area contributed by atoms with Crippen LogP contribution in [-0.2, 0) is 6.42 Å². The third-order valence-electron chi connectivity index (χ3n) is 4.49. The molecule has 0 radical (unpaired) electrons. The number of H-pyrrole nitrogens is 1. The quantitative estimate of drug-likeness (QED) is 0.400. The zero-order valence-electron chi connectivity index (χ0n) is 15.3. The molecular formula is C21H15Cl3N4O. The molecule has 0 bridgehead atoms. The number of aryl methyl sites for hydroxylation is 1. The van der Waals surface area contributed by atoms with Crippen molar-refractivity contribution in [2.24, 2.45) is 0 Å². The molecule has 2 N–H and O–H groups in total. The lowest BCUT2D eigenvalue weighted by molar-refractivity contribution is 0.102. The molecule has 0 saturated heterocycles. The number of halogens is 3. The Morgan fingerprint density at radius 2 is 1.83 bits per heavy atom. The van der Waals surface area contributed by atoms with Gasteiger partial charge in [-0.3, -0.25) is 4.79 Å². The number of amides is 1. The molecule has 146 valence electrons. The Bertz CT molecular complexity index is 1220. The number of imidazole rings is 1. The second-order valence-electron chi connectivity index (χ2n) is 6.57. The number of aromatic amines is 1. The topological polar surface area (TPSA) is 70.7 Å². The average Bonchev–Trinajstić information content (AvgIpc) is 3.09. The summed E-state index contributed by atoms with van der Waals surface area (Å²) < 4.78 is 0. The predicted octanol–water partition coefficient (Wildman–Crippen LogP) is 6.07. The van der Waals surface area contributed by atoms with Crippen molar-refractivity contribution in [1.82, 2.24) is 15.0 Å². The van der Waals surface area contributed by atoms with Crippen molar-refractivity contribution in [2.45, 2.75) is 13.3 Å². The van der Waals surface area contributed by atoms with Crippen LogP contribution in [0.4, 0.5) is 5.82 Å². The fourth-order valence-corrected chi connectivity index (χ4v) is 3.59. The zero-order valence-corrected chi connectivity index (χ0v) is 17.5. The lowest BCUT2D eigenvalue weighted by Gasteiger charge is -2.06. The number of nitrogens with zero attached hydrogens (tertiary/aromatic N) is 2. The van der Waals surface area contributed by atoms with Gasteiger partial charge in [-0.15, -0.1) is 0 Å². The van der Waals surface area contributed by atoms with Crippen LogP contribution in [0.2, 0.25) is 15.1 Å². The number of carbonyl (C=O) groups is 1. The Hall–Kier alpha value is -2.60. The van der Waals surface area contributed by atoms with Crippen molar-refractivity contribution in [2.75, 3.05) is 5.32 Å². The van der Waals surface area contributed by atoms with E-state index in [-0.39, 0.29) is 5.91 Å². The number of hydrogen-bond donors (Lipinski definition) is 2. The Balaban J connectivity index is 1.58. The van der Waals surface area contributed by atoms with Crippen LogP contribution in [0.5, 0.6) is 0 Å². The summed E-state index contributed by atoms with van der Waals surface area (Å²) >= 11 is 18.5. The fraction of sp³-hybridized carbons (Fsp3) is 0.0952. The first-order chi connectivity index (χ1) is 13.9. The van der Waals surface area contributed by atoms with E-state index in [0.29, 0.717) is 38.7 Å². The summed E-state index contributed by atoms with van der Waals surface area (Å²) in [4.78, 5) is 24.5. The molecule has 4 aromatic rings. The Kier molecular flexibility index (Phi) is 5.46. The molecule has 8 heteroatoms. The van der Waals surface area contributed by atoms with Gasteiger partial charge in [-0.05, 0) is 54.4 Å². The molecule has 2 heterocycles. The summed E-state index contributed by atoms with van der Waals surface area (Å²) in [5, 5.41) is 4.50. The molecule has 0 aliphatic rings. The van der Waals surface area contributed by atoms with Crippen molar-refractivity contribution in [3.63, 3.8) is 0 Å². The molecule has 0 unspecified atom stereocenters. The molecule has 0 saturated carbocycles. The van der Waals surface area contributed by atoms with Gasteiger partial charge in [-0.1, -0.05) is 40.9 Å². The number of pyridine rings is 1. The third kappa shape index (κ3) is 4.22. The summed E-state index contributed by atoms with van der Waals surface area (Å²) in [5.74, 6) is 0.879. The summed E-state index contributed by atoms with van der Waals surface area (Å²) in [6.07, 6.45) is 1.97. The largest absolute Gasteiger partial charge is 0.342 e. The van der Waals surface area contributed by atoms with E-state index in [1.807, 2.05) is 6.92 Å². The van der Waals surface area contributed by atoms with E-state index in [9.17, 15) is 4.79 Å². The molecule has 2 aromatic heterocycles. The van der Waals surface area contributed by atoms with Crippen LogP contribution in [0.3, 0.4) is 0 Å². The van der Waals surface area contributed by atoms with E-state index < -0.39 is 0 Å². The van der Waals surface area contributed by atoms with Gasteiger partial charge in [0.25, 0.3) is 5.91 Å². The van der Waals surface area contributed by atoms with Gasteiger partial charge in [0.15, 0.2) is 0 Å². The van der Waals surface area contributed by atoms with E-state index in [2.05, 4.69) is 20.3 Å². The first-order valence-electron chi connectivity index (χ1n) is 8.76. The van der Waals surface area contributed by atoms with Gasteiger partial charge in [-0.25, -0.2) is 9.97 Å². The van der Waals surface area contributed by atoms with Gasteiger partial charge in [-0.2, -0.15) is 0 Å². The van der Waals surface area contributed by atoms with Crippen molar-refractivity contribution in [1.29, 1.82) is 0 Å². The van der Waals surface area contributed by atoms with Gasteiger partial charge in [0.2, 0.25) is 0 Å². The Morgan fingerprint density at radius 1 is 1.07 bits per heavy atom. The van der Waals surface area contributed by atoms with E-state index in [4.69, 9.17) is 34.8 Å². The second-order valence-corrected chi connectivity index (χ2v) is 7.79. The molecule has 2 aromatic carbocycles. The molecular weight excluding hydrogens is 431 g/mol. The highest BCUT2D eigenvalue weighted by Crippen LogP contribution is 2.27. The Morgan fingerprint density at radius 3 is 2.55 bits per heavy atom. The number of carbonyl (C=O) groups excluding carboxylic acids is 1. The van der Waals surface area contributed by atoms with Crippen molar-refractivity contribution < 1.29 is 4.79 Å². The molecule has 0 aliphatic heterocycles. The van der Waals surface area contributed by atoms with E-state index in [0.717, 1.165) is 22.2 Å². The van der Waals surface area contributed by atoms with Gasteiger partial charge >= 0.3 is 0 Å². The molecule has 0 fully saturated rings. The summed E-state index contributed by atoms with van der Waals surface area (Å²) in [5.41, 5.74) is 3.62. The number of benzene rings is 2. The molecule has 0 atom stereocenters. The Labute approximate surface area is 182 Å². The number of rotatable bonds is 4. The maximum absolute atomic E-state index is 12.6. The maximum Gasteiger partial charge on any atom is 0.256 e. The normalized spacial score (nSPS) is 11.0. The van der Waals surface area contributed by atoms with Crippen LogP contribution in [0.15, 0.2) is 48.7 Å². The molecule has 29 heavy (non-hydrogen) atoms. The van der Waals surface area contributed by atoms with Crippen LogP contribution >= 0.6 is 34.8 Å². The molecule has 0 aliphatic carbocycles. The monoisotopic (exact) mass is 444 g/mol.